The molecule has 9 saturated heterocycles. The van der Waals surface area contributed by atoms with Gasteiger partial charge in [0.1, 0.15) is 25.6 Å². The van der Waals surface area contributed by atoms with Crippen LogP contribution in [0.1, 0.15) is 479 Å². The van der Waals surface area contributed by atoms with E-state index < -0.39 is 18.7 Å². The van der Waals surface area contributed by atoms with Gasteiger partial charge in [0.2, 0.25) is 0 Å². The molecule has 0 aromatic heterocycles. The molecular weight excluding hydrogens is 1780 g/mol. The Morgan fingerprint density at radius 1 is 0.232 bits per heavy atom. The van der Waals surface area contributed by atoms with Crippen molar-refractivity contribution in [3.8, 4) is 0 Å². The van der Waals surface area contributed by atoms with E-state index in [1.807, 2.05) is 0 Å². The van der Waals surface area contributed by atoms with E-state index in [9.17, 15) is 22.0 Å². The fraction of sp³-hybridized carbons (Fsp3) is 1.00. The van der Waals surface area contributed by atoms with Crippen LogP contribution < -0.4 is 0 Å². The van der Waals surface area contributed by atoms with E-state index in [0.717, 1.165) is 101 Å². The van der Waals surface area contributed by atoms with E-state index in [1.54, 1.807) is 6.92 Å². The van der Waals surface area contributed by atoms with Crippen LogP contribution in [0.5, 0.6) is 0 Å². The lowest BCUT2D eigenvalue weighted by atomic mass is 9.60. The van der Waals surface area contributed by atoms with Crippen LogP contribution in [0, 0.1) is 204 Å². The highest BCUT2D eigenvalue weighted by Gasteiger charge is 2.54. The molecule has 9 rings (SSSR count). The Balaban J connectivity index is 0.000000799. The lowest BCUT2D eigenvalue weighted by Crippen LogP contribution is -2.51. The van der Waals surface area contributed by atoms with Crippen LogP contribution in [0.25, 0.3) is 0 Å². The van der Waals surface area contributed by atoms with Crippen LogP contribution in [0.3, 0.4) is 0 Å². The maximum absolute atomic E-state index is 13.8. The molecular formula is C128H251F5O9. The highest BCUT2D eigenvalue weighted by molar-refractivity contribution is 5.02. The molecule has 0 spiro atoms. The van der Waals surface area contributed by atoms with E-state index in [0.29, 0.717) is 177 Å². The Labute approximate surface area is 883 Å². The molecule has 0 bridgehead atoms. The van der Waals surface area contributed by atoms with E-state index >= 15 is 0 Å². The predicted octanol–water partition coefficient (Wildman–Crippen LogP) is 38.0. The zero-order valence-corrected chi connectivity index (χ0v) is 106. The molecule has 0 saturated carbocycles. The van der Waals surface area contributed by atoms with Gasteiger partial charge in [0, 0.05) is 33.0 Å². The molecule has 9 aliphatic heterocycles. The lowest BCUT2D eigenvalue weighted by Gasteiger charge is -2.50. The van der Waals surface area contributed by atoms with Crippen molar-refractivity contribution in [3.05, 3.63) is 0 Å². The first kappa shape index (κ1) is 139. The minimum Gasteiger partial charge on any atom is -0.381 e. The lowest BCUT2D eigenvalue weighted by molar-refractivity contribution is -0.151. The Morgan fingerprint density at radius 2 is 0.500 bits per heavy atom. The zero-order chi connectivity index (χ0) is 112. The number of hydrogen-bond donors (Lipinski definition) is 0. The molecule has 27 atom stereocenters. The number of rotatable bonds is 6. The summed E-state index contributed by atoms with van der Waals surface area (Å²) in [5.74, 6) is 10.7. The normalized spacial score (nSPS) is 32.9. The van der Waals surface area contributed by atoms with Crippen LogP contribution >= 0.6 is 0 Å². The summed E-state index contributed by atoms with van der Waals surface area (Å²) >= 11 is 0. The largest absolute Gasteiger partial charge is 0.381 e. The third-order valence-electron chi connectivity index (χ3n) is 35.4. The number of hydrogen-bond acceptors (Lipinski definition) is 9. The van der Waals surface area contributed by atoms with Gasteiger partial charge < -0.3 is 42.6 Å². The molecule has 0 radical (unpaired) electrons. The molecule has 9 nitrogen and oxygen atoms in total. The molecule has 9 aliphatic rings. The van der Waals surface area contributed by atoms with E-state index in [2.05, 4.69) is 402 Å². The fourth-order valence-electron chi connectivity index (χ4n) is 27.1. The summed E-state index contributed by atoms with van der Waals surface area (Å²) in [5.41, 5.74) is 5.05. The van der Waals surface area contributed by atoms with E-state index in [1.165, 1.54) is 32.1 Å². The van der Waals surface area contributed by atoms with Crippen LogP contribution in [0.2, 0.25) is 0 Å². The van der Waals surface area contributed by atoms with Crippen LogP contribution in [0.15, 0.2) is 0 Å². The van der Waals surface area contributed by atoms with Gasteiger partial charge in [0.15, 0.2) is 0 Å². The van der Waals surface area contributed by atoms with Gasteiger partial charge in [-0.2, -0.15) is 0 Å². The van der Waals surface area contributed by atoms with Gasteiger partial charge in [-0.25, -0.2) is 22.0 Å². The summed E-state index contributed by atoms with van der Waals surface area (Å²) in [7, 11) is 0. The van der Waals surface area contributed by atoms with Crippen molar-refractivity contribution in [2.45, 2.75) is 541 Å². The fourth-order valence-corrected chi connectivity index (χ4v) is 27.1. The molecule has 9 heterocycles. The summed E-state index contributed by atoms with van der Waals surface area (Å²) in [6, 6.07) is 0. The first-order valence-corrected chi connectivity index (χ1v) is 57.8. The minimum atomic E-state index is -2.36. The summed E-state index contributed by atoms with van der Waals surface area (Å²) in [5, 5.41) is 0. The summed E-state index contributed by atoms with van der Waals surface area (Å²) in [6.07, 6.45) is 8.91. The summed E-state index contributed by atoms with van der Waals surface area (Å²) in [4.78, 5) is 0. The third kappa shape index (κ3) is 45.4. The molecule has 14 heteroatoms. The van der Waals surface area contributed by atoms with Crippen molar-refractivity contribution in [1.29, 1.82) is 0 Å². The molecule has 18 unspecified atom stereocenters. The van der Waals surface area contributed by atoms with Crippen LogP contribution in [-0.4, -0.2) is 141 Å². The maximum Gasteiger partial charge on any atom is 0.264 e. The number of halogens is 5. The van der Waals surface area contributed by atoms with Gasteiger partial charge in [-0.05, 0) is 295 Å². The topological polar surface area (TPSA) is 83.1 Å². The van der Waals surface area contributed by atoms with Gasteiger partial charge in [0.25, 0.3) is 6.43 Å². The number of alkyl halides is 5. The van der Waals surface area contributed by atoms with Gasteiger partial charge >= 0.3 is 0 Å². The Morgan fingerprint density at radius 3 is 0.796 bits per heavy atom. The first-order chi connectivity index (χ1) is 63.2. The second-order valence-corrected chi connectivity index (χ2v) is 65.9. The highest BCUT2D eigenvalue weighted by atomic mass is 19.3. The third-order valence-corrected chi connectivity index (χ3v) is 35.4. The molecule has 142 heavy (non-hydrogen) atoms. The van der Waals surface area contributed by atoms with Crippen LogP contribution in [-0.2, 0) is 42.6 Å². The highest BCUT2D eigenvalue weighted by Crippen LogP contribution is 2.57. The molecule has 0 aliphatic carbocycles. The molecule has 852 valence electrons. The minimum absolute atomic E-state index is 0.0505. The number of ether oxygens (including phenoxy) is 9. The Bertz CT molecular complexity index is 3230. The quantitative estimate of drug-likeness (QED) is 0.242. The van der Waals surface area contributed by atoms with Crippen molar-refractivity contribution in [1.82, 2.24) is 0 Å². The molecule has 0 aromatic carbocycles. The maximum atomic E-state index is 13.8. The monoisotopic (exact) mass is 2030 g/mol. The van der Waals surface area contributed by atoms with Gasteiger partial charge in [-0.1, -0.05) is 388 Å². The Kier molecular flexibility index (Phi) is 53.6. The second kappa shape index (κ2) is 54.6. The average molecular weight is 2030 g/mol. The second-order valence-electron chi connectivity index (χ2n) is 65.9. The predicted molar refractivity (Wildman–Crippen MR) is 604 cm³/mol. The standard InChI is InChI=1S/C15H29FO.2C15H30O.C14H26F2O.2C14H27FO.2C14H28O.C13H26O/c1-10(16)13-12(15(5,6)7)11(8-9-17-13)14(2,3)4;1-8-11-9-12(14(2,3)4)13(10-16-11)15(5,6)7;1-8-12-13(15(5,6)7)11(9-10-16-12)14(2,3)4;1-13(2,3)9-7-11(12(15)16)17-8-10(9)14(4,5)6;1-13(2,3)11-7-10(8-15)16-9-12(11)14(4,5)6;1-13(2,3)10-7-8-16-11(9-15)12(10)14(4,5)6;1-10-8-11(13(2,3)4)12(9-15-10)14(5,6)7;1-10-12(14(5,6)7)11(8-9-15-10)13(2,3)4;1-12(2,3)10-7-8-14-9-11(10)13(4,5)6/h10-13H,8-9H2,1-7H3;2*11-13H,8-10H2,1-7H3;9-12H,7-8H2,1-6H3;2*10-12H,7-9H2,1-6H3;2*10-12H,8-9H2,1-7H3;10-11H,7-9H2,1-6H3/t10?,11-,12?,13?;11?,12-,13?;11-,12?,13?;9-,10?,11?;10?,11-,12?;10-,11?,12?;2*10?,11-,12?;10-,11?/m000000000/s1. The van der Waals surface area contributed by atoms with Crippen LogP contribution in [0.4, 0.5) is 22.0 Å². The van der Waals surface area contributed by atoms with Crippen molar-refractivity contribution >= 4 is 0 Å². The van der Waals surface area contributed by atoms with Gasteiger partial charge in [-0.15, -0.1) is 0 Å². The first-order valence-electron chi connectivity index (χ1n) is 57.8. The smallest absolute Gasteiger partial charge is 0.264 e. The summed E-state index contributed by atoms with van der Waals surface area (Å²) < 4.78 is 117. The molecule has 0 amide bonds. The molecule has 9 fully saturated rings. The van der Waals surface area contributed by atoms with Crippen molar-refractivity contribution in [2.24, 2.45) is 204 Å². The Hall–Kier alpha value is -0.710. The van der Waals surface area contributed by atoms with Gasteiger partial charge in [-0.3, -0.25) is 0 Å². The zero-order valence-electron chi connectivity index (χ0n) is 106. The van der Waals surface area contributed by atoms with Crippen molar-refractivity contribution < 1.29 is 64.6 Å². The molecule has 0 aromatic rings. The molecule has 0 N–H and O–H groups in total. The SMILES string of the molecule is CC(C)(C)C1C(CF)OCC[C@@H]1C(C)(C)C.CC(C)(C)C1COC(C(F)F)C[C@@H]1C(C)(C)C.CC(C)(C)C1COC(CF)C[C@@H]1C(C)(C)C.CC(C)(C)C1COCC[C@@H]1C(C)(C)C.CC(F)C1OCC[C@H](C(C)(C)C)C1C(C)(C)C.CC1C[C@H](C(C)(C)C)C(C(C)(C)C)CO1.CC1OCC[C@H](C(C)(C)C)C1C(C)(C)C.CCC1C[C@H](C(C)(C)C)C(C(C)(C)C)CO1.CCC1OCC[C@H](C(C)(C)C)C1C(C)(C)C. The summed E-state index contributed by atoms with van der Waals surface area (Å²) in [6.45, 7) is 142. The van der Waals surface area contributed by atoms with E-state index in [-0.39, 0.29) is 86.8 Å². The van der Waals surface area contributed by atoms with E-state index in [4.69, 9.17) is 42.6 Å². The van der Waals surface area contributed by atoms with Crippen molar-refractivity contribution in [3.63, 3.8) is 0 Å². The van der Waals surface area contributed by atoms with Crippen molar-refractivity contribution in [2.75, 3.05) is 79.4 Å². The average Bonchev–Trinajstić information content (AvgIpc) is 0.770. The van der Waals surface area contributed by atoms with Gasteiger partial charge in [0.05, 0.1) is 75.8 Å².